The van der Waals surface area contributed by atoms with Crippen LogP contribution in [0.5, 0.6) is 0 Å². The first-order valence-corrected chi connectivity index (χ1v) is 9.36. The number of nitrogens with zero attached hydrogens (tertiary/aromatic N) is 4. The van der Waals surface area contributed by atoms with Crippen molar-refractivity contribution in [1.29, 1.82) is 0 Å². The van der Waals surface area contributed by atoms with E-state index in [1.165, 1.54) is 0 Å². The predicted molar refractivity (Wildman–Crippen MR) is 108 cm³/mol. The fraction of sp³-hybridized carbons (Fsp3) is 0.238. The lowest BCUT2D eigenvalue weighted by Gasteiger charge is -2.08. The van der Waals surface area contributed by atoms with Gasteiger partial charge in [-0.1, -0.05) is 61.9 Å². The monoisotopic (exact) mass is 374 g/mol. The van der Waals surface area contributed by atoms with E-state index in [0.29, 0.717) is 12.2 Å². The Morgan fingerprint density at radius 3 is 2.46 bits per heavy atom. The molecule has 2 aromatic carbocycles. The van der Waals surface area contributed by atoms with E-state index in [-0.39, 0.29) is 5.56 Å². The minimum atomic E-state index is 0.0509. The van der Waals surface area contributed by atoms with Crippen LogP contribution < -0.4 is 5.56 Å². The summed E-state index contributed by atoms with van der Waals surface area (Å²) >= 11 is 0. The van der Waals surface area contributed by atoms with Crippen molar-refractivity contribution in [2.24, 2.45) is 7.05 Å². The number of benzene rings is 2. The molecule has 0 unspecified atom stereocenters. The number of tetrazole rings is 1. The van der Waals surface area contributed by atoms with Crippen LogP contribution in [0, 0.1) is 0 Å². The smallest absolute Gasteiger partial charge is 0.270 e. The van der Waals surface area contributed by atoms with Crippen LogP contribution in [0.2, 0.25) is 0 Å². The number of aromatic amines is 2. The van der Waals surface area contributed by atoms with Gasteiger partial charge in [0.1, 0.15) is 0 Å². The van der Waals surface area contributed by atoms with Crippen LogP contribution in [-0.4, -0.2) is 30.4 Å². The van der Waals surface area contributed by atoms with E-state index in [2.05, 4.69) is 56.9 Å². The molecule has 0 saturated heterocycles. The summed E-state index contributed by atoms with van der Waals surface area (Å²) in [4.78, 5) is 12.4. The van der Waals surface area contributed by atoms with Crippen molar-refractivity contribution in [2.45, 2.75) is 26.2 Å². The molecule has 0 amide bonds. The van der Waals surface area contributed by atoms with Crippen molar-refractivity contribution in [2.75, 3.05) is 0 Å². The lowest BCUT2D eigenvalue weighted by atomic mass is 9.96. The second kappa shape index (κ2) is 7.64. The quantitative estimate of drug-likeness (QED) is 0.542. The number of aryl methyl sites for hydroxylation is 2. The third kappa shape index (κ3) is 3.38. The Balaban J connectivity index is 1.64. The summed E-state index contributed by atoms with van der Waals surface area (Å²) in [5, 5.41) is 17.5. The van der Waals surface area contributed by atoms with E-state index in [4.69, 9.17) is 0 Å². The Morgan fingerprint density at radius 2 is 1.79 bits per heavy atom. The molecule has 2 N–H and O–H groups in total. The molecule has 0 fully saturated rings. The van der Waals surface area contributed by atoms with E-state index in [1.54, 1.807) is 11.7 Å². The third-order valence-corrected chi connectivity index (χ3v) is 4.89. The van der Waals surface area contributed by atoms with Gasteiger partial charge in [-0.2, -0.15) is 5.21 Å². The van der Waals surface area contributed by atoms with E-state index in [1.807, 2.05) is 24.3 Å². The molecule has 0 aliphatic heterocycles. The summed E-state index contributed by atoms with van der Waals surface area (Å²) in [5.74, 6) is 0.569. The van der Waals surface area contributed by atoms with E-state index in [9.17, 15) is 4.79 Å². The number of hydrogen-bond acceptors (Lipinski definition) is 4. The molecule has 0 saturated carbocycles. The Hall–Kier alpha value is -3.48. The Morgan fingerprint density at radius 1 is 1.04 bits per heavy atom. The number of H-pyrrole nitrogens is 2. The Kier molecular flexibility index (Phi) is 4.89. The van der Waals surface area contributed by atoms with Crippen LogP contribution >= 0.6 is 0 Å². The van der Waals surface area contributed by atoms with Crippen LogP contribution in [0.15, 0.2) is 53.3 Å². The van der Waals surface area contributed by atoms with Crippen molar-refractivity contribution in [3.8, 4) is 22.5 Å². The topological polar surface area (TPSA) is 92.2 Å². The van der Waals surface area contributed by atoms with Gasteiger partial charge in [0.2, 0.25) is 5.82 Å². The average Bonchev–Trinajstić information content (AvgIpc) is 3.34. The zero-order chi connectivity index (χ0) is 19.5. The van der Waals surface area contributed by atoms with Crippen LogP contribution in [0.4, 0.5) is 0 Å². The normalized spacial score (nSPS) is 11.1. The molecular formula is C21H22N6O. The van der Waals surface area contributed by atoms with E-state index < -0.39 is 0 Å². The standard InChI is InChI=1S/C21H22N6O/c1-3-6-19-18(21(28)27(2)24-19)13-14-9-11-15(12-10-14)16-7-4-5-8-17(16)20-22-25-26-23-20/h4-5,7-12,24H,3,6,13H2,1-2H3,(H,22,23,25,26). The highest BCUT2D eigenvalue weighted by Crippen LogP contribution is 2.30. The summed E-state index contributed by atoms with van der Waals surface area (Å²) in [7, 11) is 1.77. The van der Waals surface area contributed by atoms with Crippen molar-refractivity contribution in [3.05, 3.63) is 75.7 Å². The third-order valence-electron chi connectivity index (χ3n) is 4.89. The molecule has 28 heavy (non-hydrogen) atoms. The second-order valence-electron chi connectivity index (χ2n) is 6.84. The molecule has 4 aromatic rings. The molecule has 7 heteroatoms. The van der Waals surface area contributed by atoms with Crippen molar-refractivity contribution >= 4 is 0 Å². The molecule has 0 atom stereocenters. The second-order valence-corrected chi connectivity index (χ2v) is 6.84. The highest BCUT2D eigenvalue weighted by Gasteiger charge is 2.14. The Bertz CT molecular complexity index is 1120. The summed E-state index contributed by atoms with van der Waals surface area (Å²) < 4.78 is 1.57. The molecule has 4 rings (SSSR count). The molecule has 0 radical (unpaired) electrons. The maximum atomic E-state index is 12.4. The first kappa shape index (κ1) is 17.9. The lowest BCUT2D eigenvalue weighted by molar-refractivity contribution is 0.713. The minimum Gasteiger partial charge on any atom is -0.300 e. The maximum Gasteiger partial charge on any atom is 0.270 e. The van der Waals surface area contributed by atoms with Crippen molar-refractivity contribution < 1.29 is 0 Å². The van der Waals surface area contributed by atoms with Gasteiger partial charge in [-0.3, -0.25) is 14.6 Å². The van der Waals surface area contributed by atoms with Gasteiger partial charge < -0.3 is 0 Å². The van der Waals surface area contributed by atoms with E-state index in [0.717, 1.165) is 46.4 Å². The number of hydrogen-bond donors (Lipinski definition) is 2. The Labute approximate surface area is 162 Å². The van der Waals surface area contributed by atoms with Gasteiger partial charge in [0.25, 0.3) is 5.56 Å². The largest absolute Gasteiger partial charge is 0.300 e. The summed E-state index contributed by atoms with van der Waals surface area (Å²) in [5.41, 5.74) is 6.07. The fourth-order valence-corrected chi connectivity index (χ4v) is 3.50. The van der Waals surface area contributed by atoms with Gasteiger partial charge in [-0.05, 0) is 28.3 Å². The van der Waals surface area contributed by atoms with Crippen LogP contribution in [-0.2, 0) is 19.9 Å². The average molecular weight is 374 g/mol. The molecule has 142 valence electrons. The highest BCUT2D eigenvalue weighted by molar-refractivity contribution is 5.80. The molecule has 2 aromatic heterocycles. The fourth-order valence-electron chi connectivity index (χ4n) is 3.50. The molecule has 0 bridgehead atoms. The van der Waals surface area contributed by atoms with E-state index >= 15 is 0 Å². The van der Waals surface area contributed by atoms with Gasteiger partial charge in [0.05, 0.1) is 0 Å². The number of rotatable bonds is 6. The van der Waals surface area contributed by atoms with Gasteiger partial charge in [-0.15, -0.1) is 10.2 Å². The number of aromatic nitrogens is 6. The zero-order valence-electron chi connectivity index (χ0n) is 15.9. The maximum absolute atomic E-state index is 12.4. The van der Waals surface area contributed by atoms with Crippen LogP contribution in [0.3, 0.4) is 0 Å². The summed E-state index contributed by atoms with van der Waals surface area (Å²) in [6.45, 7) is 2.12. The molecule has 2 heterocycles. The van der Waals surface area contributed by atoms with Crippen LogP contribution in [0.25, 0.3) is 22.5 Å². The molecule has 0 spiro atoms. The molecule has 0 aliphatic rings. The summed E-state index contributed by atoms with van der Waals surface area (Å²) in [6.07, 6.45) is 2.50. The highest BCUT2D eigenvalue weighted by atomic mass is 16.1. The first-order valence-electron chi connectivity index (χ1n) is 9.36. The van der Waals surface area contributed by atoms with Gasteiger partial charge in [0, 0.05) is 30.3 Å². The SMILES string of the molecule is CCCc1[nH]n(C)c(=O)c1Cc1ccc(-c2ccccc2-c2nn[nH]n2)cc1. The molecular weight excluding hydrogens is 352 g/mol. The van der Waals surface area contributed by atoms with Crippen LogP contribution in [0.1, 0.15) is 30.2 Å². The first-order chi connectivity index (χ1) is 13.7. The minimum absolute atomic E-state index is 0.0509. The van der Waals surface area contributed by atoms with Gasteiger partial charge in [0.15, 0.2) is 0 Å². The predicted octanol–water partition coefficient (Wildman–Crippen LogP) is 3.10. The van der Waals surface area contributed by atoms with Gasteiger partial charge in [-0.25, -0.2) is 0 Å². The summed E-state index contributed by atoms with van der Waals surface area (Å²) in [6, 6.07) is 16.3. The molecule has 7 nitrogen and oxygen atoms in total. The number of nitrogens with one attached hydrogen (secondary N) is 2. The zero-order valence-corrected chi connectivity index (χ0v) is 15.9. The van der Waals surface area contributed by atoms with Gasteiger partial charge >= 0.3 is 0 Å². The molecule has 0 aliphatic carbocycles. The van der Waals surface area contributed by atoms with Crippen molar-refractivity contribution in [3.63, 3.8) is 0 Å². The van der Waals surface area contributed by atoms with Crippen molar-refractivity contribution in [1.82, 2.24) is 30.4 Å². The lowest BCUT2D eigenvalue weighted by Crippen LogP contribution is -2.15.